The molecule has 0 N–H and O–H groups in total. The maximum atomic E-state index is 11.8. The molecule has 5 nitrogen and oxygen atoms in total. The second kappa shape index (κ2) is 4.55. The van der Waals surface area contributed by atoms with E-state index in [0.29, 0.717) is 28.3 Å². The van der Waals surface area contributed by atoms with Gasteiger partial charge in [-0.05, 0) is 13.0 Å². The van der Waals surface area contributed by atoms with E-state index in [-0.39, 0.29) is 5.97 Å². The number of carbonyl (C=O) groups is 1. The lowest BCUT2D eigenvalue weighted by Crippen LogP contribution is -2.01. The van der Waals surface area contributed by atoms with E-state index >= 15 is 0 Å². The molecule has 0 saturated heterocycles. The molecule has 0 bridgehead atoms. The number of nitrogens with zero attached hydrogens (tertiary/aromatic N) is 1. The number of ether oxygens (including phenoxy) is 2. The van der Waals surface area contributed by atoms with Crippen molar-refractivity contribution in [3.8, 4) is 5.75 Å². The zero-order chi connectivity index (χ0) is 13.4. The standard InChI is InChI=1S/C13H11NO4S/c1-3-17-13(15)10-4-7-9(19-10)5-8(16-2)12-11(7)14-6-18-12/h4-6H,3H2,1-2H3. The SMILES string of the molecule is CCOC(=O)c1cc2c(cc(OC)c3ocnc32)s1. The number of methoxy groups -OCH3 is 1. The third-order valence-corrected chi connectivity index (χ3v) is 3.83. The zero-order valence-corrected chi connectivity index (χ0v) is 11.2. The van der Waals surface area contributed by atoms with Gasteiger partial charge in [0.2, 0.25) is 0 Å². The van der Waals surface area contributed by atoms with Crippen LogP contribution in [0.2, 0.25) is 0 Å². The van der Waals surface area contributed by atoms with Crippen LogP contribution in [0.5, 0.6) is 5.75 Å². The molecule has 98 valence electrons. The maximum Gasteiger partial charge on any atom is 0.348 e. The first-order valence-corrected chi connectivity index (χ1v) is 6.57. The van der Waals surface area contributed by atoms with Crippen LogP contribution in [0.3, 0.4) is 0 Å². The van der Waals surface area contributed by atoms with E-state index in [9.17, 15) is 4.79 Å². The zero-order valence-electron chi connectivity index (χ0n) is 10.4. The number of hydrogen-bond donors (Lipinski definition) is 0. The number of thiophene rings is 1. The van der Waals surface area contributed by atoms with Gasteiger partial charge in [-0.15, -0.1) is 11.3 Å². The van der Waals surface area contributed by atoms with Gasteiger partial charge in [-0.25, -0.2) is 9.78 Å². The Kier molecular flexibility index (Phi) is 2.87. The molecule has 1 aromatic carbocycles. The van der Waals surface area contributed by atoms with Gasteiger partial charge in [0.1, 0.15) is 10.4 Å². The molecule has 0 aliphatic carbocycles. The van der Waals surface area contributed by atoms with Crippen molar-refractivity contribution >= 4 is 38.5 Å². The second-order valence-electron chi connectivity index (χ2n) is 3.85. The molecule has 6 heteroatoms. The number of hydrogen-bond acceptors (Lipinski definition) is 6. The fourth-order valence-electron chi connectivity index (χ4n) is 1.95. The Bertz CT molecular complexity index is 759. The Balaban J connectivity index is 2.24. The summed E-state index contributed by atoms with van der Waals surface area (Å²) in [5.74, 6) is 0.288. The fraction of sp³-hybridized carbons (Fsp3) is 0.231. The predicted octanol–water partition coefficient (Wildman–Crippen LogP) is 3.23. The lowest BCUT2D eigenvalue weighted by Gasteiger charge is -1.99. The van der Waals surface area contributed by atoms with Crippen molar-refractivity contribution in [2.75, 3.05) is 13.7 Å². The van der Waals surface area contributed by atoms with Crippen LogP contribution in [0.4, 0.5) is 0 Å². The Labute approximate surface area is 112 Å². The molecule has 0 unspecified atom stereocenters. The van der Waals surface area contributed by atoms with Gasteiger partial charge in [-0.2, -0.15) is 0 Å². The highest BCUT2D eigenvalue weighted by atomic mass is 32.1. The van der Waals surface area contributed by atoms with Crippen LogP contribution in [-0.2, 0) is 4.74 Å². The van der Waals surface area contributed by atoms with E-state index in [4.69, 9.17) is 13.9 Å². The van der Waals surface area contributed by atoms with Gasteiger partial charge < -0.3 is 13.9 Å². The quantitative estimate of drug-likeness (QED) is 0.688. The molecular formula is C13H11NO4S. The molecule has 0 aliphatic rings. The van der Waals surface area contributed by atoms with E-state index in [1.54, 1.807) is 20.1 Å². The van der Waals surface area contributed by atoms with Crippen LogP contribution in [0.1, 0.15) is 16.6 Å². The van der Waals surface area contributed by atoms with Crippen LogP contribution >= 0.6 is 11.3 Å². The van der Waals surface area contributed by atoms with Crippen LogP contribution in [0.25, 0.3) is 21.2 Å². The van der Waals surface area contributed by atoms with E-state index in [1.807, 2.05) is 6.07 Å². The third-order valence-electron chi connectivity index (χ3n) is 2.77. The minimum Gasteiger partial charge on any atom is -0.493 e. The largest absolute Gasteiger partial charge is 0.493 e. The number of oxazole rings is 1. The Morgan fingerprint density at radius 3 is 3.05 bits per heavy atom. The van der Waals surface area contributed by atoms with Crippen molar-refractivity contribution in [3.63, 3.8) is 0 Å². The minimum atomic E-state index is -0.320. The van der Waals surface area contributed by atoms with Crippen molar-refractivity contribution in [2.45, 2.75) is 6.92 Å². The second-order valence-corrected chi connectivity index (χ2v) is 4.94. The summed E-state index contributed by atoms with van der Waals surface area (Å²) in [5.41, 5.74) is 1.28. The monoisotopic (exact) mass is 277 g/mol. The van der Waals surface area contributed by atoms with Crippen LogP contribution in [0, 0.1) is 0 Å². The number of aromatic nitrogens is 1. The Hall–Kier alpha value is -2.08. The predicted molar refractivity (Wildman–Crippen MR) is 71.9 cm³/mol. The van der Waals surface area contributed by atoms with Gasteiger partial charge in [0, 0.05) is 16.2 Å². The number of fused-ring (bicyclic) bond motifs is 3. The summed E-state index contributed by atoms with van der Waals surface area (Å²) in [7, 11) is 1.57. The molecule has 0 aliphatic heterocycles. The summed E-state index contributed by atoms with van der Waals surface area (Å²) < 4.78 is 16.5. The van der Waals surface area contributed by atoms with Crippen molar-refractivity contribution in [3.05, 3.63) is 23.4 Å². The van der Waals surface area contributed by atoms with E-state index in [2.05, 4.69) is 4.98 Å². The molecule has 0 radical (unpaired) electrons. The smallest absolute Gasteiger partial charge is 0.348 e. The van der Waals surface area contributed by atoms with Crippen molar-refractivity contribution in [1.29, 1.82) is 0 Å². The molecule has 3 aromatic rings. The topological polar surface area (TPSA) is 61.6 Å². The lowest BCUT2D eigenvalue weighted by molar-refractivity contribution is 0.0532. The lowest BCUT2D eigenvalue weighted by atomic mass is 10.2. The van der Waals surface area contributed by atoms with Gasteiger partial charge in [-0.3, -0.25) is 0 Å². The van der Waals surface area contributed by atoms with Crippen molar-refractivity contribution in [1.82, 2.24) is 4.98 Å². The Morgan fingerprint density at radius 1 is 1.47 bits per heavy atom. The normalized spacial score (nSPS) is 11.1. The highest BCUT2D eigenvalue weighted by Gasteiger charge is 2.17. The van der Waals surface area contributed by atoms with E-state index < -0.39 is 0 Å². The number of esters is 1. The fourth-order valence-corrected chi connectivity index (χ4v) is 2.94. The summed E-state index contributed by atoms with van der Waals surface area (Å²) in [6.45, 7) is 2.14. The molecule has 0 atom stereocenters. The van der Waals surface area contributed by atoms with Crippen molar-refractivity contribution < 1.29 is 18.7 Å². The first-order chi connectivity index (χ1) is 9.24. The first kappa shape index (κ1) is 12.0. The van der Waals surface area contributed by atoms with Crippen LogP contribution in [-0.4, -0.2) is 24.7 Å². The molecule has 0 spiro atoms. The van der Waals surface area contributed by atoms with Gasteiger partial charge >= 0.3 is 5.97 Å². The average molecular weight is 277 g/mol. The van der Waals surface area contributed by atoms with Gasteiger partial charge in [0.25, 0.3) is 0 Å². The Morgan fingerprint density at radius 2 is 2.32 bits per heavy atom. The summed E-state index contributed by atoms with van der Waals surface area (Å²) in [5, 5.41) is 0.873. The summed E-state index contributed by atoms with van der Waals surface area (Å²) in [6, 6.07) is 3.62. The molecule has 2 aromatic heterocycles. The summed E-state index contributed by atoms with van der Waals surface area (Å²) >= 11 is 1.36. The van der Waals surface area contributed by atoms with Crippen LogP contribution < -0.4 is 4.74 Å². The molecule has 2 heterocycles. The van der Waals surface area contributed by atoms with Crippen molar-refractivity contribution in [2.24, 2.45) is 0 Å². The van der Waals surface area contributed by atoms with Gasteiger partial charge in [-0.1, -0.05) is 0 Å². The highest BCUT2D eigenvalue weighted by Crippen LogP contribution is 2.37. The number of carbonyl (C=O) groups excluding carboxylic acids is 1. The first-order valence-electron chi connectivity index (χ1n) is 5.75. The third kappa shape index (κ3) is 1.84. The van der Waals surface area contributed by atoms with E-state index in [0.717, 1.165) is 10.1 Å². The number of rotatable bonds is 3. The molecular weight excluding hydrogens is 266 g/mol. The summed E-state index contributed by atoms with van der Waals surface area (Å²) in [4.78, 5) is 16.5. The molecule has 0 fully saturated rings. The van der Waals surface area contributed by atoms with Crippen LogP contribution in [0.15, 0.2) is 22.9 Å². The maximum absolute atomic E-state index is 11.8. The molecule has 3 rings (SSSR count). The van der Waals surface area contributed by atoms with E-state index in [1.165, 1.54) is 17.7 Å². The molecule has 0 amide bonds. The molecule has 0 saturated carbocycles. The van der Waals surface area contributed by atoms with Gasteiger partial charge in [0.05, 0.1) is 13.7 Å². The minimum absolute atomic E-state index is 0.320. The van der Waals surface area contributed by atoms with Gasteiger partial charge in [0.15, 0.2) is 17.7 Å². The average Bonchev–Trinajstić information content (AvgIpc) is 3.03. The molecule has 19 heavy (non-hydrogen) atoms. The number of benzene rings is 1. The summed E-state index contributed by atoms with van der Waals surface area (Å²) in [6.07, 6.45) is 1.37. The highest BCUT2D eigenvalue weighted by molar-refractivity contribution is 7.20.